The number of aliphatic hydroxyl groups excluding tert-OH is 1. The summed E-state index contributed by atoms with van der Waals surface area (Å²) >= 11 is 1.76. The van der Waals surface area contributed by atoms with Crippen molar-refractivity contribution in [3.63, 3.8) is 0 Å². The number of thioether (sulfide) groups is 1. The molecule has 1 aromatic heterocycles. The van der Waals surface area contributed by atoms with E-state index in [2.05, 4.69) is 20.0 Å². The number of hydrogen-bond donors (Lipinski definition) is 2. The Bertz CT molecular complexity index is 359. The van der Waals surface area contributed by atoms with Gasteiger partial charge in [-0.25, -0.2) is 14.8 Å². The van der Waals surface area contributed by atoms with Crippen LogP contribution in [0.5, 0.6) is 0 Å². The zero-order chi connectivity index (χ0) is 13.2. The van der Waals surface area contributed by atoms with Crippen LogP contribution in [0.1, 0.15) is 16.9 Å². The van der Waals surface area contributed by atoms with Crippen molar-refractivity contribution in [3.05, 3.63) is 18.1 Å². The molecule has 1 aromatic rings. The lowest BCUT2D eigenvalue weighted by atomic mass is 10.4. The molecule has 0 saturated heterocycles. The maximum atomic E-state index is 11.1. The van der Waals surface area contributed by atoms with Crippen LogP contribution in [0.4, 0.5) is 5.82 Å². The highest BCUT2D eigenvalue weighted by Crippen LogP contribution is 2.04. The van der Waals surface area contributed by atoms with E-state index >= 15 is 0 Å². The fourth-order valence-electron chi connectivity index (χ4n) is 1.15. The number of carbonyl (C=O) groups excluding carboxylic acids is 1. The number of nitrogens with one attached hydrogen (secondary N) is 1. The second-order valence-electron chi connectivity index (χ2n) is 3.39. The fraction of sp³-hybridized carbons (Fsp3) is 0.545. The molecule has 0 bridgehead atoms. The van der Waals surface area contributed by atoms with Crippen LogP contribution in [0.15, 0.2) is 12.4 Å². The van der Waals surface area contributed by atoms with Crippen LogP contribution in [0.2, 0.25) is 0 Å². The normalized spacial score (nSPS) is 10.1. The molecular weight excluding hydrogens is 254 g/mol. The van der Waals surface area contributed by atoms with Gasteiger partial charge >= 0.3 is 5.97 Å². The molecule has 0 saturated carbocycles. The predicted molar refractivity (Wildman–Crippen MR) is 70.9 cm³/mol. The SMILES string of the molecule is COC(=O)c1cnc(NCCSCCCO)cn1. The van der Waals surface area contributed by atoms with Crippen LogP contribution in [0.3, 0.4) is 0 Å². The van der Waals surface area contributed by atoms with Crippen LogP contribution in [0, 0.1) is 0 Å². The molecule has 0 radical (unpaired) electrons. The molecule has 1 rings (SSSR count). The van der Waals surface area contributed by atoms with E-state index < -0.39 is 5.97 Å². The third-order valence-electron chi connectivity index (χ3n) is 2.05. The third kappa shape index (κ3) is 5.33. The second-order valence-corrected chi connectivity index (χ2v) is 4.62. The van der Waals surface area contributed by atoms with E-state index in [1.54, 1.807) is 11.8 Å². The molecule has 6 nitrogen and oxygen atoms in total. The molecule has 0 aliphatic rings. The molecule has 0 amide bonds. The van der Waals surface area contributed by atoms with Crippen LogP contribution in [-0.2, 0) is 4.74 Å². The minimum Gasteiger partial charge on any atom is -0.464 e. The number of aliphatic hydroxyl groups is 1. The van der Waals surface area contributed by atoms with E-state index in [1.165, 1.54) is 19.5 Å². The van der Waals surface area contributed by atoms with Gasteiger partial charge in [0.15, 0.2) is 5.69 Å². The minimum absolute atomic E-state index is 0.195. The van der Waals surface area contributed by atoms with Gasteiger partial charge < -0.3 is 15.2 Å². The van der Waals surface area contributed by atoms with Gasteiger partial charge in [0.05, 0.1) is 19.5 Å². The highest BCUT2D eigenvalue weighted by atomic mass is 32.2. The Morgan fingerprint density at radius 2 is 2.28 bits per heavy atom. The Kier molecular flexibility index (Phi) is 7.12. The molecule has 0 spiro atoms. The quantitative estimate of drug-likeness (QED) is 0.534. The van der Waals surface area contributed by atoms with Crippen molar-refractivity contribution in [1.29, 1.82) is 0 Å². The van der Waals surface area contributed by atoms with Gasteiger partial charge in [-0.05, 0) is 12.2 Å². The van der Waals surface area contributed by atoms with Crippen LogP contribution in [0.25, 0.3) is 0 Å². The van der Waals surface area contributed by atoms with Gasteiger partial charge in [-0.1, -0.05) is 0 Å². The topological polar surface area (TPSA) is 84.3 Å². The lowest BCUT2D eigenvalue weighted by Crippen LogP contribution is -2.09. The number of rotatable bonds is 8. The zero-order valence-electron chi connectivity index (χ0n) is 10.3. The van der Waals surface area contributed by atoms with Crippen molar-refractivity contribution in [2.45, 2.75) is 6.42 Å². The van der Waals surface area contributed by atoms with E-state index in [0.717, 1.165) is 24.5 Å². The zero-order valence-corrected chi connectivity index (χ0v) is 11.1. The lowest BCUT2D eigenvalue weighted by Gasteiger charge is -2.05. The van der Waals surface area contributed by atoms with E-state index in [-0.39, 0.29) is 12.3 Å². The molecule has 2 N–H and O–H groups in total. The van der Waals surface area contributed by atoms with Gasteiger partial charge in [0, 0.05) is 18.9 Å². The maximum absolute atomic E-state index is 11.1. The summed E-state index contributed by atoms with van der Waals surface area (Å²) in [4.78, 5) is 19.1. The lowest BCUT2D eigenvalue weighted by molar-refractivity contribution is 0.0593. The molecular formula is C11H17N3O3S. The number of ether oxygens (including phenoxy) is 1. The summed E-state index contributed by atoms with van der Waals surface area (Å²) in [6, 6.07) is 0. The molecule has 0 aromatic carbocycles. The van der Waals surface area contributed by atoms with Crippen molar-refractivity contribution in [3.8, 4) is 0 Å². The number of aromatic nitrogens is 2. The van der Waals surface area contributed by atoms with Crippen LogP contribution in [-0.4, -0.2) is 52.8 Å². The molecule has 1 heterocycles. The monoisotopic (exact) mass is 271 g/mol. The van der Waals surface area contributed by atoms with Crippen molar-refractivity contribution in [2.75, 3.05) is 37.1 Å². The summed E-state index contributed by atoms with van der Waals surface area (Å²) in [5.41, 5.74) is 0.195. The summed E-state index contributed by atoms with van der Waals surface area (Å²) in [6.07, 6.45) is 3.70. The molecule has 0 atom stereocenters. The van der Waals surface area contributed by atoms with Crippen molar-refractivity contribution >= 4 is 23.5 Å². The van der Waals surface area contributed by atoms with E-state index in [1.807, 2.05) is 0 Å². The smallest absolute Gasteiger partial charge is 0.358 e. The molecule has 0 aliphatic carbocycles. The Morgan fingerprint density at radius 1 is 1.44 bits per heavy atom. The van der Waals surface area contributed by atoms with E-state index in [0.29, 0.717) is 5.82 Å². The van der Waals surface area contributed by atoms with E-state index in [9.17, 15) is 4.79 Å². The van der Waals surface area contributed by atoms with Crippen LogP contribution < -0.4 is 5.32 Å². The average Bonchev–Trinajstić information content (AvgIpc) is 2.42. The molecule has 100 valence electrons. The van der Waals surface area contributed by atoms with Gasteiger partial charge in [-0.15, -0.1) is 0 Å². The summed E-state index contributed by atoms with van der Waals surface area (Å²) in [6.45, 7) is 1.00. The van der Waals surface area contributed by atoms with Crippen molar-refractivity contribution < 1.29 is 14.6 Å². The first-order chi connectivity index (χ1) is 8.77. The van der Waals surface area contributed by atoms with Gasteiger partial charge in [0.1, 0.15) is 5.82 Å². The first kappa shape index (κ1) is 14.7. The first-order valence-corrected chi connectivity index (χ1v) is 6.76. The molecule has 18 heavy (non-hydrogen) atoms. The summed E-state index contributed by atoms with van der Waals surface area (Å²) in [5.74, 6) is 2.02. The summed E-state index contributed by atoms with van der Waals surface area (Å²) in [7, 11) is 1.31. The molecule has 0 aliphatic heterocycles. The van der Waals surface area contributed by atoms with Gasteiger partial charge in [-0.3, -0.25) is 0 Å². The second kappa shape index (κ2) is 8.71. The van der Waals surface area contributed by atoms with Crippen molar-refractivity contribution in [2.24, 2.45) is 0 Å². The molecule has 0 fully saturated rings. The molecule has 7 heteroatoms. The van der Waals surface area contributed by atoms with Gasteiger partial charge in [0.2, 0.25) is 0 Å². The summed E-state index contributed by atoms with van der Waals surface area (Å²) < 4.78 is 4.53. The Hall–Kier alpha value is -1.34. The highest BCUT2D eigenvalue weighted by Gasteiger charge is 2.06. The Labute approximate surface area is 110 Å². The Morgan fingerprint density at radius 3 is 2.89 bits per heavy atom. The average molecular weight is 271 g/mol. The predicted octanol–water partition coefficient (Wildman–Crippen LogP) is 0.791. The third-order valence-corrected chi connectivity index (χ3v) is 3.12. The minimum atomic E-state index is -0.492. The highest BCUT2D eigenvalue weighted by molar-refractivity contribution is 7.99. The van der Waals surface area contributed by atoms with E-state index in [4.69, 9.17) is 5.11 Å². The number of esters is 1. The molecule has 0 unspecified atom stereocenters. The number of anilines is 1. The fourth-order valence-corrected chi connectivity index (χ4v) is 1.93. The number of hydrogen-bond acceptors (Lipinski definition) is 7. The largest absolute Gasteiger partial charge is 0.464 e. The number of carbonyl (C=O) groups is 1. The summed E-state index contributed by atoms with van der Waals surface area (Å²) in [5, 5.41) is 11.7. The Balaban J connectivity index is 2.25. The standard InChI is InChI=1S/C11H17N3O3S/c1-17-11(16)9-7-14-10(8-13-9)12-3-6-18-5-2-4-15/h7-8,15H,2-6H2,1H3,(H,12,14). The number of nitrogens with zero attached hydrogens (tertiary/aromatic N) is 2. The van der Waals surface area contributed by atoms with Gasteiger partial charge in [-0.2, -0.15) is 11.8 Å². The van der Waals surface area contributed by atoms with Crippen LogP contribution >= 0.6 is 11.8 Å². The first-order valence-electron chi connectivity index (χ1n) is 5.60. The maximum Gasteiger partial charge on any atom is 0.358 e. The van der Waals surface area contributed by atoms with Gasteiger partial charge in [0.25, 0.3) is 0 Å². The van der Waals surface area contributed by atoms with Crippen molar-refractivity contribution in [1.82, 2.24) is 9.97 Å². The number of methoxy groups -OCH3 is 1.